The minimum atomic E-state index is -0.427. The van der Waals surface area contributed by atoms with Gasteiger partial charge in [-0.2, -0.15) is 0 Å². The monoisotopic (exact) mass is 290 g/mol. The van der Waals surface area contributed by atoms with E-state index in [1.807, 2.05) is 27.7 Å². The highest BCUT2D eigenvalue weighted by Gasteiger charge is 2.29. The van der Waals surface area contributed by atoms with Crippen molar-refractivity contribution in [3.63, 3.8) is 0 Å². The number of carbonyl (C=O) groups excluding carboxylic acids is 1. The van der Waals surface area contributed by atoms with Gasteiger partial charge in [0.1, 0.15) is 5.60 Å². The summed E-state index contributed by atoms with van der Waals surface area (Å²) in [7, 11) is 0. The number of halogens is 1. The van der Waals surface area contributed by atoms with Crippen molar-refractivity contribution >= 4 is 21.9 Å². The van der Waals surface area contributed by atoms with Gasteiger partial charge in [0.05, 0.1) is 18.3 Å². The van der Waals surface area contributed by atoms with Crippen molar-refractivity contribution in [1.82, 2.24) is 0 Å². The molecule has 16 heavy (non-hydrogen) atoms. The number of hydrogen-bond acceptors (Lipinski definition) is 3. The lowest BCUT2D eigenvalue weighted by atomic mass is 9.99. The van der Waals surface area contributed by atoms with Gasteiger partial charge in [0.2, 0.25) is 0 Å². The van der Waals surface area contributed by atoms with Crippen molar-refractivity contribution < 1.29 is 14.3 Å². The Morgan fingerprint density at radius 3 is 2.75 bits per heavy atom. The van der Waals surface area contributed by atoms with Gasteiger partial charge < -0.3 is 9.47 Å². The van der Waals surface area contributed by atoms with Crippen LogP contribution in [0.4, 0.5) is 0 Å². The van der Waals surface area contributed by atoms with Gasteiger partial charge in [0.15, 0.2) is 0 Å². The van der Waals surface area contributed by atoms with Crippen LogP contribution in [0.1, 0.15) is 40.5 Å². The highest BCUT2D eigenvalue weighted by molar-refractivity contribution is 9.11. The molecule has 0 saturated heterocycles. The number of carbonyl (C=O) groups is 1. The number of esters is 1. The van der Waals surface area contributed by atoms with Crippen LogP contribution < -0.4 is 0 Å². The van der Waals surface area contributed by atoms with Crippen molar-refractivity contribution in [1.29, 1.82) is 0 Å². The highest BCUT2D eigenvalue weighted by Crippen LogP contribution is 2.28. The van der Waals surface area contributed by atoms with Crippen LogP contribution in [-0.4, -0.2) is 17.7 Å². The number of hydrogen-bond donors (Lipinski definition) is 0. The van der Waals surface area contributed by atoms with Crippen LogP contribution in [0.2, 0.25) is 0 Å². The van der Waals surface area contributed by atoms with E-state index in [4.69, 9.17) is 9.47 Å². The molecule has 92 valence electrons. The molecular weight excluding hydrogens is 272 g/mol. The lowest BCUT2D eigenvalue weighted by molar-refractivity contribution is -0.160. The Morgan fingerprint density at radius 2 is 2.19 bits per heavy atom. The van der Waals surface area contributed by atoms with Crippen molar-refractivity contribution in [3.05, 3.63) is 10.7 Å². The van der Waals surface area contributed by atoms with E-state index >= 15 is 0 Å². The van der Waals surface area contributed by atoms with Crippen LogP contribution in [0.25, 0.3) is 0 Å². The van der Waals surface area contributed by atoms with Crippen molar-refractivity contribution in [3.8, 4) is 0 Å². The molecule has 0 aromatic rings. The van der Waals surface area contributed by atoms with Gasteiger partial charge in [-0.3, -0.25) is 4.79 Å². The first-order chi connectivity index (χ1) is 7.28. The lowest BCUT2D eigenvalue weighted by Crippen LogP contribution is -2.30. The van der Waals surface area contributed by atoms with E-state index < -0.39 is 5.60 Å². The fourth-order valence-corrected chi connectivity index (χ4v) is 2.08. The topological polar surface area (TPSA) is 35.5 Å². The normalized spacial score (nSPS) is 26.4. The molecule has 0 amide bonds. The summed E-state index contributed by atoms with van der Waals surface area (Å²) in [6, 6.07) is 0. The summed E-state index contributed by atoms with van der Waals surface area (Å²) >= 11 is 3.38. The van der Waals surface area contributed by atoms with Crippen LogP contribution >= 0.6 is 15.9 Å². The van der Waals surface area contributed by atoms with Gasteiger partial charge >= 0.3 is 5.97 Å². The largest absolute Gasteiger partial charge is 0.497 e. The van der Waals surface area contributed by atoms with Gasteiger partial charge in [0, 0.05) is 4.48 Å². The van der Waals surface area contributed by atoms with Gasteiger partial charge in [-0.05, 0) is 40.5 Å². The molecule has 0 aromatic carbocycles. The molecule has 1 aliphatic rings. The molecule has 0 aromatic heterocycles. The van der Waals surface area contributed by atoms with Gasteiger partial charge in [-0.25, -0.2) is 0 Å². The summed E-state index contributed by atoms with van der Waals surface area (Å²) in [5.41, 5.74) is -0.427. The summed E-state index contributed by atoms with van der Waals surface area (Å²) < 4.78 is 11.7. The first-order valence-corrected chi connectivity index (χ1v) is 6.30. The fraction of sp³-hybridized carbons (Fsp3) is 0.750. The zero-order valence-electron chi connectivity index (χ0n) is 10.2. The van der Waals surface area contributed by atoms with Gasteiger partial charge in [0.25, 0.3) is 0 Å². The minimum absolute atomic E-state index is 0.0487. The second-order valence-electron chi connectivity index (χ2n) is 5.18. The van der Waals surface area contributed by atoms with Crippen LogP contribution in [0.5, 0.6) is 0 Å². The molecule has 1 unspecified atom stereocenters. The highest BCUT2D eigenvalue weighted by atomic mass is 79.9. The number of allylic oxidation sites excluding steroid dienone is 1. The molecule has 0 N–H and O–H groups in total. The lowest BCUT2D eigenvalue weighted by Gasteiger charge is -2.24. The average Bonchev–Trinajstić information content (AvgIpc) is 2.25. The van der Waals surface area contributed by atoms with Crippen molar-refractivity contribution in [2.24, 2.45) is 5.92 Å². The van der Waals surface area contributed by atoms with E-state index in [0.717, 1.165) is 4.48 Å². The van der Waals surface area contributed by atoms with E-state index in [-0.39, 0.29) is 18.0 Å². The molecule has 1 aliphatic heterocycles. The Hall–Kier alpha value is -0.510. The molecule has 3 nitrogen and oxygen atoms in total. The predicted octanol–water partition coefficient (Wildman–Crippen LogP) is 3.38. The molecule has 1 rings (SSSR count). The second kappa shape index (κ2) is 5.21. The molecule has 4 heteroatoms. The van der Waals surface area contributed by atoms with Crippen LogP contribution in [0.15, 0.2) is 10.7 Å². The third-order valence-electron chi connectivity index (χ3n) is 2.23. The summed E-state index contributed by atoms with van der Waals surface area (Å²) in [6.45, 7) is 7.60. The van der Waals surface area contributed by atoms with Gasteiger partial charge in [-0.15, -0.1) is 0 Å². The Morgan fingerprint density at radius 1 is 1.56 bits per heavy atom. The molecule has 0 bridgehead atoms. The molecule has 0 aliphatic carbocycles. The predicted molar refractivity (Wildman–Crippen MR) is 66.1 cm³/mol. The van der Waals surface area contributed by atoms with Crippen molar-refractivity contribution in [2.75, 3.05) is 0 Å². The zero-order chi connectivity index (χ0) is 12.3. The second-order valence-corrected chi connectivity index (χ2v) is 6.20. The van der Waals surface area contributed by atoms with E-state index in [0.29, 0.717) is 12.8 Å². The van der Waals surface area contributed by atoms with E-state index in [2.05, 4.69) is 15.9 Å². The molecule has 1 heterocycles. The Labute approximate surface area is 105 Å². The molecule has 0 fully saturated rings. The average molecular weight is 291 g/mol. The van der Waals surface area contributed by atoms with Crippen LogP contribution in [0, 0.1) is 5.92 Å². The SMILES string of the molecule is C[C@H]1CC(C(=O)OC(C)(C)C)CC(Br)=CO1. The Bertz CT molecular complexity index is 291. The Kier molecular flexibility index (Phi) is 4.42. The third kappa shape index (κ3) is 4.56. The maximum atomic E-state index is 11.9. The summed E-state index contributed by atoms with van der Waals surface area (Å²) in [6.07, 6.45) is 3.07. The summed E-state index contributed by atoms with van der Waals surface area (Å²) in [5.74, 6) is -0.266. The molecule has 2 atom stereocenters. The number of rotatable bonds is 1. The minimum Gasteiger partial charge on any atom is -0.497 e. The van der Waals surface area contributed by atoms with Crippen molar-refractivity contribution in [2.45, 2.75) is 52.2 Å². The molecule has 0 saturated carbocycles. The van der Waals surface area contributed by atoms with E-state index in [9.17, 15) is 4.79 Å². The first-order valence-electron chi connectivity index (χ1n) is 5.51. The third-order valence-corrected chi connectivity index (χ3v) is 2.74. The van der Waals surface area contributed by atoms with E-state index in [1.54, 1.807) is 6.26 Å². The molecule has 0 spiro atoms. The summed E-state index contributed by atoms with van der Waals surface area (Å²) in [5, 5.41) is 0. The maximum Gasteiger partial charge on any atom is 0.309 e. The smallest absolute Gasteiger partial charge is 0.309 e. The zero-order valence-corrected chi connectivity index (χ0v) is 11.8. The molecule has 0 radical (unpaired) electrons. The molecular formula is C12H19BrO3. The standard InChI is InChI=1S/C12H19BrO3/c1-8-5-9(6-10(13)7-15-8)11(14)16-12(2,3)4/h7-9H,5-6H2,1-4H3/t8-,9?/m0/s1. The quantitative estimate of drug-likeness (QED) is 0.695. The van der Waals surface area contributed by atoms with Crippen LogP contribution in [0.3, 0.4) is 0 Å². The first kappa shape index (κ1) is 13.6. The van der Waals surface area contributed by atoms with Gasteiger partial charge in [-0.1, -0.05) is 15.9 Å². The number of ether oxygens (including phenoxy) is 2. The van der Waals surface area contributed by atoms with E-state index in [1.165, 1.54) is 0 Å². The maximum absolute atomic E-state index is 11.9. The summed E-state index contributed by atoms with van der Waals surface area (Å²) in [4.78, 5) is 11.9. The Balaban J connectivity index is 2.65. The fourth-order valence-electron chi connectivity index (χ4n) is 1.58. The van der Waals surface area contributed by atoms with Crippen LogP contribution in [-0.2, 0) is 14.3 Å².